The van der Waals surface area contributed by atoms with Crippen LogP contribution in [0, 0.1) is 0 Å². The fourth-order valence-corrected chi connectivity index (χ4v) is 2.97. The van der Waals surface area contributed by atoms with E-state index in [1.807, 2.05) is 18.2 Å². The first-order valence-corrected chi connectivity index (χ1v) is 6.68. The average Bonchev–Trinajstić information content (AvgIpc) is 2.45. The maximum Gasteiger partial charge on any atom is 0.160 e. The molecule has 3 aromatic carbocycles. The van der Waals surface area contributed by atoms with Crippen molar-refractivity contribution >= 4 is 45.2 Å². The third-order valence-corrected chi connectivity index (χ3v) is 3.94. The van der Waals surface area contributed by atoms with E-state index in [9.17, 15) is 4.79 Å². The number of carbonyl (C=O) groups is 1. The molecule has 0 amide bonds. The predicted molar refractivity (Wildman–Crippen MR) is 83.7 cm³/mol. The molecule has 0 bridgehead atoms. The van der Waals surface area contributed by atoms with Gasteiger partial charge in [0.25, 0.3) is 0 Å². The molecule has 1 aliphatic rings. The maximum atomic E-state index is 11.5. The van der Waals surface area contributed by atoms with Crippen LogP contribution in [0.25, 0.3) is 33.7 Å². The first-order chi connectivity index (χ1) is 9.72. The van der Waals surface area contributed by atoms with Crippen molar-refractivity contribution in [2.45, 2.75) is 6.42 Å². The van der Waals surface area contributed by atoms with Crippen molar-refractivity contribution in [3.8, 4) is 0 Å². The molecular weight excluding hydrogens is 246 g/mol. The van der Waals surface area contributed by atoms with Crippen molar-refractivity contribution < 1.29 is 4.79 Å². The van der Waals surface area contributed by atoms with Gasteiger partial charge in [-0.1, -0.05) is 30.3 Å². The van der Waals surface area contributed by atoms with E-state index >= 15 is 0 Å². The minimum atomic E-state index is 0.164. The van der Waals surface area contributed by atoms with Gasteiger partial charge in [-0.2, -0.15) is 0 Å². The first-order valence-electron chi connectivity index (χ1n) is 6.68. The Bertz CT molecular complexity index is 999. The van der Waals surface area contributed by atoms with Crippen LogP contribution in [-0.2, 0) is 4.79 Å². The molecule has 0 fully saturated rings. The van der Waals surface area contributed by atoms with Crippen LogP contribution < -0.4 is 16.2 Å². The van der Waals surface area contributed by atoms with E-state index < -0.39 is 0 Å². The molecule has 0 saturated heterocycles. The fraction of sp³-hybridized carbons (Fsp3) is 0.0556. The van der Waals surface area contributed by atoms with Gasteiger partial charge in [0.05, 0.1) is 0 Å². The highest BCUT2D eigenvalue weighted by molar-refractivity contribution is 6.14. The van der Waals surface area contributed by atoms with Crippen molar-refractivity contribution in [2.75, 3.05) is 5.73 Å². The lowest BCUT2D eigenvalue weighted by Gasteiger charge is -2.08. The van der Waals surface area contributed by atoms with E-state index in [0.29, 0.717) is 6.42 Å². The SMILES string of the molecule is Nc1cccc2ccc3cc4c(cc3c12)=CCC(=O)C=4. The van der Waals surface area contributed by atoms with E-state index in [4.69, 9.17) is 5.73 Å². The van der Waals surface area contributed by atoms with E-state index in [-0.39, 0.29) is 5.78 Å². The molecule has 2 heteroatoms. The molecule has 2 N–H and O–H groups in total. The van der Waals surface area contributed by atoms with Crippen LogP contribution in [0.3, 0.4) is 0 Å². The summed E-state index contributed by atoms with van der Waals surface area (Å²) in [5.41, 5.74) is 6.94. The number of benzene rings is 3. The molecule has 0 saturated carbocycles. The summed E-state index contributed by atoms with van der Waals surface area (Å²) in [6, 6.07) is 14.4. The third kappa shape index (κ3) is 1.55. The number of anilines is 1. The lowest BCUT2D eigenvalue weighted by atomic mass is 9.97. The Morgan fingerprint density at radius 2 is 1.80 bits per heavy atom. The summed E-state index contributed by atoms with van der Waals surface area (Å²) in [5, 5.41) is 6.63. The smallest absolute Gasteiger partial charge is 0.160 e. The normalized spacial score (nSPS) is 13.9. The summed E-state index contributed by atoms with van der Waals surface area (Å²) < 4.78 is 0. The van der Waals surface area contributed by atoms with Crippen molar-refractivity contribution in [1.82, 2.24) is 0 Å². The first kappa shape index (κ1) is 11.2. The zero-order chi connectivity index (χ0) is 13.7. The molecule has 20 heavy (non-hydrogen) atoms. The van der Waals surface area contributed by atoms with Crippen LogP contribution in [0.1, 0.15) is 6.42 Å². The van der Waals surface area contributed by atoms with Gasteiger partial charge in [0.2, 0.25) is 0 Å². The van der Waals surface area contributed by atoms with Gasteiger partial charge in [-0.15, -0.1) is 0 Å². The Balaban J connectivity index is 2.26. The van der Waals surface area contributed by atoms with Crippen LogP contribution in [0.5, 0.6) is 0 Å². The minimum Gasteiger partial charge on any atom is -0.398 e. The summed E-state index contributed by atoms with van der Waals surface area (Å²) >= 11 is 0. The Morgan fingerprint density at radius 3 is 2.70 bits per heavy atom. The number of hydrogen-bond donors (Lipinski definition) is 1. The van der Waals surface area contributed by atoms with Crippen molar-refractivity contribution in [3.63, 3.8) is 0 Å². The number of Topliss-reactive ketones (excluding diaryl/α,β-unsaturated/α-hetero) is 1. The van der Waals surface area contributed by atoms with E-state index in [1.165, 1.54) is 0 Å². The molecule has 1 aliphatic carbocycles. The topological polar surface area (TPSA) is 43.1 Å². The van der Waals surface area contributed by atoms with Crippen molar-refractivity contribution in [1.29, 1.82) is 0 Å². The average molecular weight is 259 g/mol. The molecule has 96 valence electrons. The predicted octanol–water partition coefficient (Wildman–Crippen LogP) is 2.11. The molecule has 3 aromatic rings. The van der Waals surface area contributed by atoms with Crippen LogP contribution in [-0.4, -0.2) is 5.78 Å². The lowest BCUT2D eigenvalue weighted by Crippen LogP contribution is -2.28. The molecule has 0 heterocycles. The zero-order valence-corrected chi connectivity index (χ0v) is 10.9. The number of ketones is 1. The third-order valence-electron chi connectivity index (χ3n) is 3.94. The number of nitrogens with two attached hydrogens (primary N) is 1. The van der Waals surface area contributed by atoms with Gasteiger partial charge in [-0.05, 0) is 50.9 Å². The van der Waals surface area contributed by atoms with Crippen LogP contribution >= 0.6 is 0 Å². The molecule has 0 aliphatic heterocycles. The molecule has 4 rings (SSSR count). The second-order valence-electron chi connectivity index (χ2n) is 5.23. The van der Waals surface area contributed by atoms with Crippen LogP contribution in [0.4, 0.5) is 5.69 Å². The second kappa shape index (κ2) is 3.94. The molecule has 0 unspecified atom stereocenters. The molecular formula is C18H13NO. The fourth-order valence-electron chi connectivity index (χ4n) is 2.97. The summed E-state index contributed by atoms with van der Waals surface area (Å²) in [7, 11) is 0. The van der Waals surface area contributed by atoms with Gasteiger partial charge in [0, 0.05) is 17.5 Å². The largest absolute Gasteiger partial charge is 0.398 e. The van der Waals surface area contributed by atoms with Crippen LogP contribution in [0.2, 0.25) is 0 Å². The molecule has 0 spiro atoms. The van der Waals surface area contributed by atoms with E-state index in [0.717, 1.165) is 37.7 Å². The number of hydrogen-bond acceptors (Lipinski definition) is 2. The van der Waals surface area contributed by atoms with Gasteiger partial charge >= 0.3 is 0 Å². The summed E-state index contributed by atoms with van der Waals surface area (Å²) in [4.78, 5) is 11.5. The van der Waals surface area contributed by atoms with Gasteiger partial charge in [-0.25, -0.2) is 0 Å². The highest BCUT2D eigenvalue weighted by Crippen LogP contribution is 2.28. The molecule has 0 radical (unpaired) electrons. The van der Waals surface area contributed by atoms with Crippen molar-refractivity contribution in [2.24, 2.45) is 0 Å². The Labute approximate surface area is 115 Å². The van der Waals surface area contributed by atoms with Crippen LogP contribution in [0.15, 0.2) is 42.5 Å². The monoisotopic (exact) mass is 259 g/mol. The Morgan fingerprint density at radius 1 is 0.950 bits per heavy atom. The zero-order valence-electron chi connectivity index (χ0n) is 10.9. The summed E-state index contributed by atoms with van der Waals surface area (Å²) in [5.74, 6) is 0.164. The highest BCUT2D eigenvalue weighted by atomic mass is 16.1. The van der Waals surface area contributed by atoms with Gasteiger partial charge in [0.15, 0.2) is 5.78 Å². The number of carbonyl (C=O) groups excluding carboxylic acids is 1. The Kier molecular flexibility index (Phi) is 2.21. The molecule has 0 aromatic heterocycles. The second-order valence-corrected chi connectivity index (χ2v) is 5.23. The van der Waals surface area contributed by atoms with Gasteiger partial charge in [-0.3, -0.25) is 4.79 Å². The molecule has 2 nitrogen and oxygen atoms in total. The minimum absolute atomic E-state index is 0.164. The standard InChI is InChI=1S/C18H13NO/c19-17-3-1-2-11-4-5-13-8-14-9-15(20)7-6-12(14)10-16(13)18(11)17/h1-6,8-10H,7,19H2. The molecule has 0 atom stereocenters. The summed E-state index contributed by atoms with van der Waals surface area (Å²) in [6.45, 7) is 0. The maximum absolute atomic E-state index is 11.5. The number of fused-ring (bicyclic) bond motifs is 4. The lowest BCUT2D eigenvalue weighted by molar-refractivity contribution is -0.112. The van der Waals surface area contributed by atoms with E-state index in [1.54, 1.807) is 6.08 Å². The highest BCUT2D eigenvalue weighted by Gasteiger charge is 2.07. The van der Waals surface area contributed by atoms with Gasteiger partial charge < -0.3 is 5.73 Å². The number of rotatable bonds is 0. The Hall–Kier alpha value is -2.61. The quantitative estimate of drug-likeness (QED) is 0.496. The van der Waals surface area contributed by atoms with E-state index in [2.05, 4.69) is 30.3 Å². The number of nitrogen functional groups attached to an aromatic ring is 1. The van der Waals surface area contributed by atoms with Crippen molar-refractivity contribution in [3.05, 3.63) is 52.9 Å². The summed E-state index contributed by atoms with van der Waals surface area (Å²) in [6.07, 6.45) is 4.21. The van der Waals surface area contributed by atoms with Gasteiger partial charge in [0.1, 0.15) is 0 Å².